The molecule has 6 bridgehead atoms. The average Bonchev–Trinajstić information content (AvgIpc) is 3.31. The summed E-state index contributed by atoms with van der Waals surface area (Å²) in [4.78, 5) is 0. The molecule has 1 aliphatic carbocycles. The summed E-state index contributed by atoms with van der Waals surface area (Å²) in [5.74, 6) is 3.86. The van der Waals surface area contributed by atoms with Crippen molar-refractivity contribution < 1.29 is 58.9 Å². The van der Waals surface area contributed by atoms with Crippen LogP contribution in [0.2, 0.25) is 0 Å². The minimum absolute atomic E-state index is 0.0331. The van der Waals surface area contributed by atoms with E-state index >= 15 is 0 Å². The van der Waals surface area contributed by atoms with Crippen molar-refractivity contribution in [3.8, 4) is 17.2 Å². The Bertz CT molecular complexity index is 2490. The maximum absolute atomic E-state index is 7.40. The number of fused-ring (bicyclic) bond motifs is 6. The second-order valence-electron chi connectivity index (χ2n) is 22.4. The van der Waals surface area contributed by atoms with Crippen molar-refractivity contribution in [2.24, 2.45) is 11.3 Å². The molecule has 6 rings (SSSR count). The molecule has 0 heterocycles. The number of rotatable bonds is 10. The van der Waals surface area contributed by atoms with Crippen LogP contribution in [-0.2, 0) is 86.6 Å². The molecule has 1 atom stereocenters. The van der Waals surface area contributed by atoms with Crippen LogP contribution < -0.4 is 24.8 Å². The fourth-order valence-corrected chi connectivity index (χ4v) is 10.6. The monoisotopic (exact) mass is 1370 g/mol. The Morgan fingerprint density at radius 1 is 0.557 bits per heavy atom. The van der Waals surface area contributed by atoms with E-state index in [1.165, 1.54) is 27.3 Å². The van der Waals surface area contributed by atoms with Gasteiger partial charge in [-0.3, -0.25) is 0 Å². The van der Waals surface area contributed by atoms with Gasteiger partial charge in [-0.15, -0.1) is 0 Å². The van der Waals surface area contributed by atoms with Crippen molar-refractivity contribution >= 4 is 36.9 Å². The van der Waals surface area contributed by atoms with Crippen LogP contribution in [0.15, 0.2) is 121 Å². The number of benzene rings is 5. The van der Waals surface area contributed by atoms with Gasteiger partial charge < -0.3 is 25.9 Å². The van der Waals surface area contributed by atoms with E-state index in [4.69, 9.17) is 18.9 Å². The van der Waals surface area contributed by atoms with Crippen molar-refractivity contribution in [2.45, 2.75) is 132 Å². The molecule has 9 heteroatoms. The fraction of sp³-hybridized carbons (Fsp3) is 0.426. The first-order valence-corrected chi connectivity index (χ1v) is 31.0. The zero-order valence-electron chi connectivity index (χ0n) is 44.4. The molecule has 388 valence electrons. The van der Waals surface area contributed by atoms with E-state index < -0.39 is 7.92 Å². The number of halogens is 2. The van der Waals surface area contributed by atoms with Crippen LogP contribution in [0.3, 0.4) is 0 Å². The van der Waals surface area contributed by atoms with E-state index in [2.05, 4.69) is 225 Å². The second kappa shape index (κ2) is 26.5. The fourth-order valence-electron chi connectivity index (χ4n) is 8.69. The molecule has 5 aromatic carbocycles. The molecule has 4 nitrogen and oxygen atoms in total. The number of allylic oxidation sites excluding steroid dienone is 3. The van der Waals surface area contributed by atoms with Gasteiger partial charge in [-0.1, -0.05) is 193 Å². The van der Waals surface area contributed by atoms with Gasteiger partial charge in [0, 0.05) is 19.3 Å². The molecule has 70 heavy (non-hydrogen) atoms. The summed E-state index contributed by atoms with van der Waals surface area (Å²) in [6, 6.07) is 36.0. The summed E-state index contributed by atoms with van der Waals surface area (Å²) >= 11 is 3.50. The van der Waals surface area contributed by atoms with Crippen LogP contribution in [0.25, 0.3) is 0 Å². The van der Waals surface area contributed by atoms with Crippen molar-refractivity contribution in [3.05, 3.63) is 178 Å². The standard InChI is InChI=1S/C61H78O4P.2Au.2ClH/c1-17-64-57-46-31-43(30-41(2)58(3,4)5)54(62-15)29-28-42-34-49(59(6,7)8)38-47(56(42)65-40-66(52-24-20-18-21-25-52)53-26-22-19-23-27-53)32-44-35-50(60(9,10)11)36-45(55(44)63-16)33-48(57)39-51(37-46)61(12,13)14;;;;/h18-27,29-30,34-39,41H,1,17,28,31-33,40H2,2-16H3;;;2*1H/q-1;2*+1;;/p-2/i15+1,16+1;;;;. The molecule has 0 saturated heterocycles. The van der Waals surface area contributed by atoms with Gasteiger partial charge in [-0.05, 0) is 121 Å². The first-order chi connectivity index (χ1) is 33.0. The Labute approximate surface area is 457 Å². The van der Waals surface area contributed by atoms with Gasteiger partial charge in [0.25, 0.3) is 0 Å². The summed E-state index contributed by atoms with van der Waals surface area (Å²) < 4.78 is 27.2. The van der Waals surface area contributed by atoms with Crippen LogP contribution >= 0.6 is 26.3 Å². The molecule has 0 radical (unpaired) electrons. The number of hydrogen-bond donors (Lipinski definition) is 0. The SMILES string of the molecule is [CH2-]COc1c2cc(C(C)(C)C)cc1Cc1cc(C(C)(C)C)cc(c1O[13CH3])Cc1cc(C(C)(C)C)cc(c1OCP(c1ccccc1)c1ccccc1)CC=C(O[13CH3])C(=CC(C)C(C)(C)C)C2.[Cl][Au].[Cl][Au]. The van der Waals surface area contributed by atoms with Crippen molar-refractivity contribution in [2.75, 3.05) is 27.2 Å². The third-order valence-electron chi connectivity index (χ3n) is 13.3. The molecule has 0 aliphatic heterocycles. The van der Waals surface area contributed by atoms with Crippen LogP contribution in [0, 0.1) is 18.3 Å². The first-order valence-electron chi connectivity index (χ1n) is 24.1. The van der Waals surface area contributed by atoms with Gasteiger partial charge in [0.2, 0.25) is 0 Å². The van der Waals surface area contributed by atoms with E-state index in [9.17, 15) is 0 Å². The van der Waals surface area contributed by atoms with E-state index in [1.54, 1.807) is 40.0 Å². The Kier molecular flexibility index (Phi) is 22.6. The van der Waals surface area contributed by atoms with Crippen LogP contribution in [-0.4, -0.2) is 27.2 Å². The molecule has 0 fully saturated rings. The summed E-state index contributed by atoms with van der Waals surface area (Å²) in [6.45, 7) is 34.5. The van der Waals surface area contributed by atoms with Crippen molar-refractivity contribution in [1.82, 2.24) is 0 Å². The predicted molar refractivity (Wildman–Crippen MR) is 294 cm³/mol. The first kappa shape index (κ1) is 59.8. The number of ether oxygens (including phenoxy) is 4. The molecule has 0 amide bonds. The molecule has 1 aliphatic rings. The quantitative estimate of drug-likeness (QED) is 0.0604. The van der Waals surface area contributed by atoms with Crippen molar-refractivity contribution in [3.63, 3.8) is 0 Å². The second-order valence-corrected chi connectivity index (χ2v) is 24.5. The van der Waals surface area contributed by atoms with Crippen LogP contribution in [0.4, 0.5) is 0 Å². The third kappa shape index (κ3) is 15.9. The Hall–Kier alpha value is -2.73. The molecule has 5 aromatic rings. The van der Waals surface area contributed by atoms with Gasteiger partial charge >= 0.3 is 58.4 Å². The Balaban J connectivity index is 0.00000260. The zero-order chi connectivity index (χ0) is 52.2. The maximum atomic E-state index is 7.40. The molecule has 1 unspecified atom stereocenters. The van der Waals surface area contributed by atoms with Gasteiger partial charge in [0.05, 0.1) is 14.2 Å². The summed E-state index contributed by atoms with van der Waals surface area (Å²) in [7, 11) is 12.0. The molecule has 0 saturated carbocycles. The molecule has 0 N–H and O–H groups in total. The molecule has 0 aromatic heterocycles. The third-order valence-corrected chi connectivity index (χ3v) is 15.5. The normalized spacial score (nSPS) is 14.4. The van der Waals surface area contributed by atoms with Gasteiger partial charge in [0.15, 0.2) is 0 Å². The average molecular weight is 1370 g/mol. The molecular weight excluding hydrogens is 1290 g/mol. The summed E-state index contributed by atoms with van der Waals surface area (Å²) in [6.07, 6.45) is 7.77. The van der Waals surface area contributed by atoms with Gasteiger partial charge in [-0.2, -0.15) is 0 Å². The van der Waals surface area contributed by atoms with Gasteiger partial charge in [0.1, 0.15) is 29.4 Å². The van der Waals surface area contributed by atoms with E-state index in [0.717, 1.165) is 62.0 Å². The number of methoxy groups -OCH3 is 2. The molecule has 0 spiro atoms. The van der Waals surface area contributed by atoms with Crippen LogP contribution in [0.1, 0.15) is 140 Å². The minimum atomic E-state index is -0.835. The topological polar surface area (TPSA) is 36.9 Å². The molecular formula is C61H78Au2Cl2O4P-. The Morgan fingerprint density at radius 3 is 1.31 bits per heavy atom. The predicted octanol–water partition coefficient (Wildman–Crippen LogP) is 16.1. The van der Waals surface area contributed by atoms with Gasteiger partial charge in [-0.25, -0.2) is 0 Å². The Morgan fingerprint density at radius 2 is 0.943 bits per heavy atom. The van der Waals surface area contributed by atoms with Crippen LogP contribution in [0.5, 0.6) is 17.2 Å². The summed E-state index contributed by atoms with van der Waals surface area (Å²) in [5.41, 5.74) is 11.5. The zero-order valence-corrected chi connectivity index (χ0v) is 51.1. The van der Waals surface area contributed by atoms with E-state index in [0.29, 0.717) is 38.6 Å². The summed E-state index contributed by atoms with van der Waals surface area (Å²) in [5, 5.41) is 2.58. The van der Waals surface area contributed by atoms with Crippen molar-refractivity contribution in [1.29, 1.82) is 0 Å². The van der Waals surface area contributed by atoms with E-state index in [-0.39, 0.29) is 27.6 Å². The number of hydrogen-bond acceptors (Lipinski definition) is 4. The van der Waals surface area contributed by atoms with E-state index in [1.807, 2.05) is 14.2 Å².